The molecule has 1 radical (unpaired) electrons. The van der Waals surface area contributed by atoms with Gasteiger partial charge in [0, 0.05) is 20.4 Å². The average Bonchev–Trinajstić information content (AvgIpc) is 1.91. The van der Waals surface area contributed by atoms with Gasteiger partial charge in [-0.2, -0.15) is 0 Å². The minimum atomic E-state index is 0. The standard InChI is InChI=1S/C8H10N.Re/c9-7-6-8-4-2-1-3-5-8;/h1-5,9H,6-7H2;/q-1;. The first kappa shape index (κ1) is 9.84. The summed E-state index contributed by atoms with van der Waals surface area (Å²) in [5, 5.41) is 0. The second-order valence-corrected chi connectivity index (χ2v) is 1.99. The van der Waals surface area contributed by atoms with Gasteiger partial charge in [0.2, 0.25) is 0 Å². The molecule has 55 valence electrons. The maximum Gasteiger partial charge on any atom is 0 e. The van der Waals surface area contributed by atoms with Gasteiger partial charge in [-0.1, -0.05) is 30.3 Å². The Morgan fingerprint density at radius 2 is 1.70 bits per heavy atom. The Labute approximate surface area is 75.3 Å². The van der Waals surface area contributed by atoms with Gasteiger partial charge in [0.1, 0.15) is 0 Å². The zero-order valence-corrected chi connectivity index (χ0v) is 8.39. The van der Waals surface area contributed by atoms with Crippen molar-refractivity contribution in [2.45, 2.75) is 6.42 Å². The van der Waals surface area contributed by atoms with Crippen LogP contribution >= 0.6 is 0 Å². The van der Waals surface area contributed by atoms with Crippen molar-refractivity contribution >= 4 is 0 Å². The van der Waals surface area contributed by atoms with Crippen molar-refractivity contribution in [1.29, 1.82) is 0 Å². The predicted octanol–water partition coefficient (Wildman–Crippen LogP) is 2.28. The van der Waals surface area contributed by atoms with Crippen molar-refractivity contribution in [1.82, 2.24) is 0 Å². The number of nitrogens with one attached hydrogen (secondary N) is 1. The molecule has 0 aromatic heterocycles. The third-order valence-corrected chi connectivity index (χ3v) is 1.26. The molecule has 0 spiro atoms. The van der Waals surface area contributed by atoms with E-state index in [1.165, 1.54) is 5.56 Å². The molecule has 0 saturated heterocycles. The first-order valence-corrected chi connectivity index (χ1v) is 3.12. The van der Waals surface area contributed by atoms with Gasteiger partial charge in [-0.25, -0.2) is 0 Å². The van der Waals surface area contributed by atoms with Crippen molar-refractivity contribution in [2.75, 3.05) is 6.54 Å². The molecule has 10 heavy (non-hydrogen) atoms. The molecule has 1 aromatic carbocycles. The Balaban J connectivity index is 0.000000810. The largest absolute Gasteiger partial charge is 0.677 e. The van der Waals surface area contributed by atoms with Crippen LogP contribution in [0.15, 0.2) is 30.3 Å². The summed E-state index contributed by atoms with van der Waals surface area (Å²) in [6, 6.07) is 10.1. The molecule has 0 fully saturated rings. The molecule has 0 saturated carbocycles. The average molecular weight is 306 g/mol. The van der Waals surface area contributed by atoms with E-state index in [1.807, 2.05) is 18.2 Å². The van der Waals surface area contributed by atoms with Crippen LogP contribution in [0, 0.1) is 0 Å². The van der Waals surface area contributed by atoms with Crippen LogP contribution in [0.2, 0.25) is 0 Å². The quantitative estimate of drug-likeness (QED) is 0.800. The second-order valence-electron chi connectivity index (χ2n) is 1.99. The molecular formula is C8H10NRe-. The number of rotatable bonds is 2. The fourth-order valence-electron chi connectivity index (χ4n) is 0.789. The SMILES string of the molecule is [NH-]CCc1ccccc1.[Re]. The summed E-state index contributed by atoms with van der Waals surface area (Å²) < 4.78 is 0. The van der Waals surface area contributed by atoms with Crippen LogP contribution in [0.25, 0.3) is 5.73 Å². The molecule has 1 N–H and O–H groups in total. The molecule has 1 rings (SSSR count). The van der Waals surface area contributed by atoms with E-state index in [9.17, 15) is 0 Å². The molecule has 2 heteroatoms. The Kier molecular flexibility index (Phi) is 5.53. The topological polar surface area (TPSA) is 23.8 Å². The van der Waals surface area contributed by atoms with E-state index in [-0.39, 0.29) is 20.4 Å². The molecular weight excluding hydrogens is 296 g/mol. The summed E-state index contributed by atoms with van der Waals surface area (Å²) in [6.07, 6.45) is 0.876. The van der Waals surface area contributed by atoms with Gasteiger partial charge in [0.15, 0.2) is 0 Å². The van der Waals surface area contributed by atoms with E-state index >= 15 is 0 Å². The van der Waals surface area contributed by atoms with Crippen molar-refractivity contribution < 1.29 is 20.4 Å². The molecule has 0 bridgehead atoms. The van der Waals surface area contributed by atoms with Crippen LogP contribution in [0.3, 0.4) is 0 Å². The smallest absolute Gasteiger partial charge is 0 e. The molecule has 0 heterocycles. The molecule has 0 aliphatic carbocycles. The molecule has 0 aliphatic heterocycles. The normalized spacial score (nSPS) is 8.50. The fourth-order valence-corrected chi connectivity index (χ4v) is 0.789. The third kappa shape index (κ3) is 3.12. The Hall–Kier alpha value is -0.158. The summed E-state index contributed by atoms with van der Waals surface area (Å²) in [6.45, 7) is 0.490. The van der Waals surface area contributed by atoms with E-state index in [4.69, 9.17) is 5.73 Å². The van der Waals surface area contributed by atoms with Crippen LogP contribution in [0.5, 0.6) is 0 Å². The van der Waals surface area contributed by atoms with Gasteiger partial charge < -0.3 is 5.73 Å². The molecule has 0 atom stereocenters. The Morgan fingerprint density at radius 1 is 1.10 bits per heavy atom. The van der Waals surface area contributed by atoms with Crippen LogP contribution in [0.1, 0.15) is 5.56 Å². The molecule has 1 aromatic rings. The van der Waals surface area contributed by atoms with Gasteiger partial charge in [0.05, 0.1) is 0 Å². The second kappa shape index (κ2) is 5.61. The number of hydrogen-bond donors (Lipinski definition) is 0. The van der Waals surface area contributed by atoms with Crippen molar-refractivity contribution in [3.8, 4) is 0 Å². The van der Waals surface area contributed by atoms with Crippen LogP contribution in [-0.4, -0.2) is 6.54 Å². The minimum absolute atomic E-state index is 0. The minimum Gasteiger partial charge on any atom is -0.677 e. The van der Waals surface area contributed by atoms with Gasteiger partial charge >= 0.3 is 0 Å². The van der Waals surface area contributed by atoms with Gasteiger partial charge in [-0.05, 0) is 12.0 Å². The zero-order valence-electron chi connectivity index (χ0n) is 5.68. The molecule has 0 aliphatic rings. The van der Waals surface area contributed by atoms with Crippen LogP contribution in [0.4, 0.5) is 0 Å². The predicted molar refractivity (Wildman–Crippen MR) is 39.3 cm³/mol. The maximum absolute atomic E-state index is 6.94. The number of benzene rings is 1. The zero-order chi connectivity index (χ0) is 6.53. The first-order valence-electron chi connectivity index (χ1n) is 3.12. The van der Waals surface area contributed by atoms with E-state index in [1.54, 1.807) is 0 Å². The summed E-state index contributed by atoms with van der Waals surface area (Å²) in [5.74, 6) is 0. The first-order chi connectivity index (χ1) is 4.43. The third-order valence-electron chi connectivity index (χ3n) is 1.26. The Bertz CT molecular complexity index is 162. The molecule has 1 nitrogen and oxygen atoms in total. The molecule has 0 unspecified atom stereocenters. The van der Waals surface area contributed by atoms with Crippen LogP contribution < -0.4 is 0 Å². The van der Waals surface area contributed by atoms with Gasteiger partial charge in [-0.15, -0.1) is 6.54 Å². The number of hydrogen-bond acceptors (Lipinski definition) is 0. The van der Waals surface area contributed by atoms with Gasteiger partial charge in [-0.3, -0.25) is 0 Å². The van der Waals surface area contributed by atoms with Crippen molar-refractivity contribution in [3.05, 3.63) is 41.6 Å². The fraction of sp³-hybridized carbons (Fsp3) is 0.250. The molecule has 0 amide bonds. The monoisotopic (exact) mass is 307 g/mol. The van der Waals surface area contributed by atoms with E-state index in [0.717, 1.165) is 6.42 Å². The van der Waals surface area contributed by atoms with Gasteiger partial charge in [0.25, 0.3) is 0 Å². The van der Waals surface area contributed by atoms with Crippen molar-refractivity contribution in [3.63, 3.8) is 0 Å². The maximum atomic E-state index is 6.94. The summed E-state index contributed by atoms with van der Waals surface area (Å²) in [5.41, 5.74) is 8.20. The Morgan fingerprint density at radius 3 is 2.20 bits per heavy atom. The summed E-state index contributed by atoms with van der Waals surface area (Å²) >= 11 is 0. The summed E-state index contributed by atoms with van der Waals surface area (Å²) in [7, 11) is 0. The van der Waals surface area contributed by atoms with Crippen molar-refractivity contribution in [2.24, 2.45) is 0 Å². The van der Waals surface area contributed by atoms with E-state index < -0.39 is 0 Å². The van der Waals surface area contributed by atoms with Crippen LogP contribution in [-0.2, 0) is 26.8 Å². The van der Waals surface area contributed by atoms with E-state index in [0.29, 0.717) is 6.54 Å². The van der Waals surface area contributed by atoms with E-state index in [2.05, 4.69) is 12.1 Å². The summed E-state index contributed by atoms with van der Waals surface area (Å²) in [4.78, 5) is 0.